The van der Waals surface area contributed by atoms with Crippen LogP contribution in [0.15, 0.2) is 0 Å². The molecule has 1 amide bonds. The van der Waals surface area contributed by atoms with Gasteiger partial charge in [-0.25, -0.2) is 0 Å². The summed E-state index contributed by atoms with van der Waals surface area (Å²) in [6.45, 7) is 8.27. The maximum Gasteiger partial charge on any atom is 0.306 e. The highest BCUT2D eigenvalue weighted by Crippen LogP contribution is 2.12. The first kappa shape index (κ1) is 17.9. The number of hydrogen-bond acceptors (Lipinski definition) is 4. The number of nitrogens with one attached hydrogen (secondary N) is 1. The molecule has 0 aromatic rings. The average molecular weight is 272 g/mol. The summed E-state index contributed by atoms with van der Waals surface area (Å²) in [4.78, 5) is 22.8. The maximum absolute atomic E-state index is 11.6. The minimum absolute atomic E-state index is 0.0863. The molecule has 0 heterocycles. The molecule has 0 aromatic heterocycles. The molecule has 0 aromatic carbocycles. The van der Waals surface area contributed by atoms with E-state index in [0.29, 0.717) is 19.4 Å². The third kappa shape index (κ3) is 8.59. The van der Waals surface area contributed by atoms with Crippen molar-refractivity contribution >= 4 is 11.9 Å². The predicted molar refractivity (Wildman–Crippen MR) is 75.5 cm³/mol. The molecule has 19 heavy (non-hydrogen) atoms. The van der Waals surface area contributed by atoms with Crippen LogP contribution in [0.5, 0.6) is 0 Å². The summed E-state index contributed by atoms with van der Waals surface area (Å²) >= 11 is 0. The first-order chi connectivity index (χ1) is 8.90. The smallest absolute Gasteiger partial charge is 0.306 e. The highest BCUT2D eigenvalue weighted by molar-refractivity contribution is 5.79. The van der Waals surface area contributed by atoms with E-state index in [9.17, 15) is 9.59 Å². The Balaban J connectivity index is 4.24. The van der Waals surface area contributed by atoms with Gasteiger partial charge in [-0.05, 0) is 39.2 Å². The molecule has 0 aliphatic carbocycles. The normalized spacial score (nSPS) is 14.2. The van der Waals surface area contributed by atoms with Gasteiger partial charge in [-0.2, -0.15) is 0 Å². The summed E-state index contributed by atoms with van der Waals surface area (Å²) < 4.78 is 5.15. The lowest BCUT2D eigenvalue weighted by atomic mass is 9.99. The van der Waals surface area contributed by atoms with Crippen molar-refractivity contribution in [1.29, 1.82) is 0 Å². The van der Waals surface area contributed by atoms with E-state index in [0.717, 1.165) is 12.8 Å². The third-order valence-electron chi connectivity index (χ3n) is 2.92. The van der Waals surface area contributed by atoms with Crippen LogP contribution in [0.2, 0.25) is 0 Å². The molecule has 2 atom stereocenters. The Kier molecular flexibility index (Phi) is 9.21. The van der Waals surface area contributed by atoms with E-state index in [1.807, 2.05) is 20.8 Å². The first-order valence-corrected chi connectivity index (χ1v) is 7.12. The van der Waals surface area contributed by atoms with Crippen molar-refractivity contribution in [2.24, 2.45) is 11.7 Å². The fourth-order valence-corrected chi connectivity index (χ4v) is 1.99. The van der Waals surface area contributed by atoms with Crippen LogP contribution in [-0.4, -0.2) is 30.6 Å². The van der Waals surface area contributed by atoms with Crippen molar-refractivity contribution in [2.45, 2.75) is 65.5 Å². The highest BCUT2D eigenvalue weighted by Gasteiger charge is 2.18. The molecule has 5 heteroatoms. The Labute approximate surface area is 116 Å². The van der Waals surface area contributed by atoms with Gasteiger partial charge in [0, 0.05) is 6.42 Å². The summed E-state index contributed by atoms with van der Waals surface area (Å²) in [6.07, 6.45) is 2.87. The number of nitrogens with two attached hydrogens (primary N) is 1. The van der Waals surface area contributed by atoms with Gasteiger partial charge in [0.25, 0.3) is 0 Å². The zero-order valence-corrected chi connectivity index (χ0v) is 12.6. The van der Waals surface area contributed by atoms with E-state index >= 15 is 0 Å². The number of carbonyl (C=O) groups is 2. The van der Waals surface area contributed by atoms with Crippen LogP contribution < -0.4 is 11.1 Å². The van der Waals surface area contributed by atoms with Crippen molar-refractivity contribution in [3.8, 4) is 0 Å². The average Bonchev–Trinajstić information content (AvgIpc) is 2.28. The molecule has 0 aliphatic heterocycles. The monoisotopic (exact) mass is 272 g/mol. The van der Waals surface area contributed by atoms with Crippen LogP contribution in [0, 0.1) is 5.92 Å². The van der Waals surface area contributed by atoms with Crippen LogP contribution >= 0.6 is 0 Å². The van der Waals surface area contributed by atoms with Gasteiger partial charge in [0.15, 0.2) is 0 Å². The number of hydrogen-bond donors (Lipinski definition) is 2. The molecular weight excluding hydrogens is 244 g/mol. The molecule has 0 fully saturated rings. The molecule has 0 radical (unpaired) electrons. The van der Waals surface area contributed by atoms with Gasteiger partial charge >= 0.3 is 5.97 Å². The molecule has 0 bridgehead atoms. The standard InChI is InChI=1S/C14H28N2O3/c1-5-7-11(8-13(17)19-10(3)4)9-16-12(6-2)14(15)18/h10-12,16H,5-9H2,1-4H3,(H2,15,18)/t11?,12-/m0/s1. The SMILES string of the molecule is CCCC(CN[C@@H](CC)C(N)=O)CC(=O)OC(C)C. The molecule has 0 aliphatic rings. The summed E-state index contributed by atoms with van der Waals surface area (Å²) in [7, 11) is 0. The van der Waals surface area contributed by atoms with E-state index in [1.54, 1.807) is 0 Å². The van der Waals surface area contributed by atoms with E-state index in [1.165, 1.54) is 0 Å². The fourth-order valence-electron chi connectivity index (χ4n) is 1.99. The van der Waals surface area contributed by atoms with E-state index in [-0.39, 0.29) is 29.9 Å². The summed E-state index contributed by atoms with van der Waals surface area (Å²) in [5, 5.41) is 3.13. The molecule has 5 nitrogen and oxygen atoms in total. The predicted octanol–water partition coefficient (Wildman–Crippen LogP) is 1.60. The van der Waals surface area contributed by atoms with Gasteiger partial charge in [0.05, 0.1) is 12.1 Å². The molecule has 0 spiro atoms. The summed E-state index contributed by atoms with van der Waals surface area (Å²) in [5.41, 5.74) is 5.28. The lowest BCUT2D eigenvalue weighted by Crippen LogP contribution is -2.43. The van der Waals surface area contributed by atoms with Crippen LogP contribution in [0.1, 0.15) is 53.4 Å². The third-order valence-corrected chi connectivity index (χ3v) is 2.92. The second-order valence-electron chi connectivity index (χ2n) is 5.17. The zero-order chi connectivity index (χ0) is 14.8. The summed E-state index contributed by atoms with van der Waals surface area (Å²) in [5.74, 6) is -0.338. The largest absolute Gasteiger partial charge is 0.463 e. The van der Waals surface area contributed by atoms with E-state index < -0.39 is 0 Å². The molecule has 0 saturated carbocycles. The van der Waals surface area contributed by atoms with Crippen LogP contribution in [-0.2, 0) is 14.3 Å². The second kappa shape index (κ2) is 9.78. The Morgan fingerprint density at radius 1 is 1.26 bits per heavy atom. The highest BCUT2D eigenvalue weighted by atomic mass is 16.5. The molecule has 1 unspecified atom stereocenters. The molecule has 3 N–H and O–H groups in total. The van der Waals surface area contributed by atoms with Gasteiger partial charge < -0.3 is 15.8 Å². The van der Waals surface area contributed by atoms with E-state index in [2.05, 4.69) is 12.2 Å². The first-order valence-electron chi connectivity index (χ1n) is 7.12. The van der Waals surface area contributed by atoms with Gasteiger partial charge in [0.2, 0.25) is 5.91 Å². The lowest BCUT2D eigenvalue weighted by Gasteiger charge is -2.20. The Morgan fingerprint density at radius 3 is 2.32 bits per heavy atom. The number of rotatable bonds is 10. The van der Waals surface area contributed by atoms with Crippen LogP contribution in [0.3, 0.4) is 0 Å². The van der Waals surface area contributed by atoms with Crippen molar-refractivity contribution in [3.63, 3.8) is 0 Å². The molecule has 112 valence electrons. The second-order valence-corrected chi connectivity index (χ2v) is 5.17. The topological polar surface area (TPSA) is 81.4 Å². The van der Waals surface area contributed by atoms with Gasteiger partial charge in [-0.15, -0.1) is 0 Å². The Bertz CT molecular complexity index is 280. The van der Waals surface area contributed by atoms with Gasteiger partial charge in [-0.3, -0.25) is 9.59 Å². The van der Waals surface area contributed by atoms with Crippen molar-refractivity contribution < 1.29 is 14.3 Å². The number of amides is 1. The summed E-state index contributed by atoms with van der Waals surface area (Å²) in [6, 6.07) is -0.319. The number of primary amides is 1. The van der Waals surface area contributed by atoms with E-state index in [4.69, 9.17) is 10.5 Å². The number of ether oxygens (including phenoxy) is 1. The maximum atomic E-state index is 11.6. The molecular formula is C14H28N2O3. The van der Waals surface area contributed by atoms with Crippen LogP contribution in [0.4, 0.5) is 0 Å². The lowest BCUT2D eigenvalue weighted by molar-refractivity contribution is -0.148. The quantitative estimate of drug-likeness (QED) is 0.592. The Hall–Kier alpha value is -1.10. The fraction of sp³-hybridized carbons (Fsp3) is 0.857. The van der Waals surface area contributed by atoms with Crippen molar-refractivity contribution in [2.75, 3.05) is 6.54 Å². The Morgan fingerprint density at radius 2 is 1.89 bits per heavy atom. The zero-order valence-electron chi connectivity index (χ0n) is 12.6. The molecule has 0 rings (SSSR count). The number of esters is 1. The van der Waals surface area contributed by atoms with Crippen molar-refractivity contribution in [3.05, 3.63) is 0 Å². The number of carbonyl (C=O) groups excluding carboxylic acids is 2. The van der Waals surface area contributed by atoms with Crippen molar-refractivity contribution in [1.82, 2.24) is 5.32 Å². The minimum Gasteiger partial charge on any atom is -0.463 e. The minimum atomic E-state index is -0.345. The van der Waals surface area contributed by atoms with Gasteiger partial charge in [0.1, 0.15) is 0 Å². The van der Waals surface area contributed by atoms with Gasteiger partial charge in [-0.1, -0.05) is 20.3 Å². The molecule has 0 saturated heterocycles. The van der Waals surface area contributed by atoms with Crippen LogP contribution in [0.25, 0.3) is 0 Å².